The molecule has 2 aliphatic rings. The topological polar surface area (TPSA) is 88.2 Å². The number of anilines is 1. The molecule has 130 valence electrons. The Morgan fingerprint density at radius 1 is 1.28 bits per heavy atom. The average Bonchev–Trinajstić information content (AvgIpc) is 3.07. The molecule has 1 amide bonds. The first-order chi connectivity index (χ1) is 12.1. The molecule has 25 heavy (non-hydrogen) atoms. The highest BCUT2D eigenvalue weighted by molar-refractivity contribution is 5.74. The van der Waals surface area contributed by atoms with Gasteiger partial charge in [0.05, 0.1) is 12.2 Å². The van der Waals surface area contributed by atoms with Gasteiger partial charge in [-0.2, -0.15) is 0 Å². The molecule has 7 nitrogen and oxygen atoms in total. The molecule has 0 bridgehead atoms. The van der Waals surface area contributed by atoms with Crippen LogP contribution < -0.4 is 10.6 Å². The molecule has 0 radical (unpaired) electrons. The predicted molar refractivity (Wildman–Crippen MR) is 94.9 cm³/mol. The number of hydrogen-bond donors (Lipinski definition) is 1. The third-order valence-electron chi connectivity index (χ3n) is 4.91. The van der Waals surface area contributed by atoms with E-state index in [0.717, 1.165) is 48.7 Å². The normalized spacial score (nSPS) is 19.8. The molecule has 2 aromatic heterocycles. The van der Waals surface area contributed by atoms with Crippen LogP contribution in [0.15, 0.2) is 24.4 Å². The van der Waals surface area contributed by atoms with Crippen LogP contribution >= 0.6 is 0 Å². The third-order valence-corrected chi connectivity index (χ3v) is 4.91. The van der Waals surface area contributed by atoms with Crippen molar-refractivity contribution in [3.05, 3.63) is 35.7 Å². The molecule has 0 saturated carbocycles. The summed E-state index contributed by atoms with van der Waals surface area (Å²) in [5, 5.41) is 0. The SMILES string of the molecule is CC(=O)N1CCc2c(nc(-c3ccccn3)nc2N2CCC(N)C2)C1. The van der Waals surface area contributed by atoms with Gasteiger partial charge in [0.1, 0.15) is 11.5 Å². The van der Waals surface area contributed by atoms with Crippen molar-refractivity contribution in [1.82, 2.24) is 19.9 Å². The quantitative estimate of drug-likeness (QED) is 0.878. The van der Waals surface area contributed by atoms with E-state index in [-0.39, 0.29) is 11.9 Å². The number of hydrogen-bond acceptors (Lipinski definition) is 6. The van der Waals surface area contributed by atoms with Crippen molar-refractivity contribution in [1.29, 1.82) is 0 Å². The maximum absolute atomic E-state index is 11.8. The fraction of sp³-hybridized carbons (Fsp3) is 0.444. The van der Waals surface area contributed by atoms with E-state index < -0.39 is 0 Å². The van der Waals surface area contributed by atoms with Gasteiger partial charge in [-0.25, -0.2) is 9.97 Å². The minimum absolute atomic E-state index is 0.0772. The molecule has 1 atom stereocenters. The van der Waals surface area contributed by atoms with Gasteiger partial charge in [0, 0.05) is 44.4 Å². The number of carbonyl (C=O) groups is 1. The van der Waals surface area contributed by atoms with E-state index in [9.17, 15) is 4.79 Å². The monoisotopic (exact) mass is 338 g/mol. The molecule has 0 aromatic carbocycles. The lowest BCUT2D eigenvalue weighted by atomic mass is 10.0. The molecular weight excluding hydrogens is 316 g/mol. The number of amides is 1. The van der Waals surface area contributed by atoms with Crippen LogP contribution in [0.2, 0.25) is 0 Å². The lowest BCUT2D eigenvalue weighted by molar-refractivity contribution is -0.129. The number of fused-ring (bicyclic) bond motifs is 1. The Hall–Kier alpha value is -2.54. The van der Waals surface area contributed by atoms with Crippen LogP contribution in [-0.2, 0) is 17.8 Å². The van der Waals surface area contributed by atoms with Crippen LogP contribution in [0, 0.1) is 0 Å². The summed E-state index contributed by atoms with van der Waals surface area (Å²) in [7, 11) is 0. The summed E-state index contributed by atoms with van der Waals surface area (Å²) in [6.45, 7) is 4.55. The van der Waals surface area contributed by atoms with Crippen molar-refractivity contribution < 1.29 is 4.79 Å². The zero-order valence-corrected chi connectivity index (χ0v) is 14.4. The van der Waals surface area contributed by atoms with Crippen molar-refractivity contribution in [2.24, 2.45) is 5.73 Å². The molecule has 4 rings (SSSR count). The van der Waals surface area contributed by atoms with Crippen LogP contribution in [0.5, 0.6) is 0 Å². The maximum Gasteiger partial charge on any atom is 0.219 e. The molecule has 1 saturated heterocycles. The van der Waals surface area contributed by atoms with Gasteiger partial charge in [-0.15, -0.1) is 0 Å². The fourth-order valence-electron chi connectivity index (χ4n) is 3.53. The third kappa shape index (κ3) is 3.07. The van der Waals surface area contributed by atoms with E-state index in [2.05, 4.69) is 9.88 Å². The van der Waals surface area contributed by atoms with Crippen LogP contribution in [-0.4, -0.2) is 51.4 Å². The van der Waals surface area contributed by atoms with Crippen molar-refractivity contribution >= 4 is 11.7 Å². The van der Waals surface area contributed by atoms with E-state index in [1.165, 1.54) is 0 Å². The Morgan fingerprint density at radius 2 is 2.16 bits per heavy atom. The second-order valence-electron chi connectivity index (χ2n) is 6.70. The van der Waals surface area contributed by atoms with Gasteiger partial charge in [0.2, 0.25) is 5.91 Å². The van der Waals surface area contributed by atoms with Gasteiger partial charge >= 0.3 is 0 Å². The van der Waals surface area contributed by atoms with Gasteiger partial charge in [-0.3, -0.25) is 9.78 Å². The molecule has 0 aliphatic carbocycles. The number of carbonyl (C=O) groups excluding carboxylic acids is 1. The Bertz CT molecular complexity index is 794. The van der Waals surface area contributed by atoms with Crippen molar-refractivity contribution in [3.63, 3.8) is 0 Å². The second-order valence-corrected chi connectivity index (χ2v) is 6.70. The number of rotatable bonds is 2. The van der Waals surface area contributed by atoms with Crippen LogP contribution in [0.1, 0.15) is 24.6 Å². The maximum atomic E-state index is 11.8. The molecule has 1 unspecified atom stereocenters. The van der Waals surface area contributed by atoms with E-state index in [4.69, 9.17) is 15.7 Å². The smallest absolute Gasteiger partial charge is 0.219 e. The summed E-state index contributed by atoms with van der Waals surface area (Å²) in [6.07, 6.45) is 3.49. The van der Waals surface area contributed by atoms with E-state index >= 15 is 0 Å². The second kappa shape index (κ2) is 6.40. The van der Waals surface area contributed by atoms with Crippen molar-refractivity contribution in [2.45, 2.75) is 32.4 Å². The summed E-state index contributed by atoms with van der Waals surface area (Å²) in [5.74, 6) is 1.65. The van der Waals surface area contributed by atoms with Crippen LogP contribution in [0.3, 0.4) is 0 Å². The number of aromatic nitrogens is 3. The molecule has 2 aromatic rings. The summed E-state index contributed by atoms with van der Waals surface area (Å²) < 4.78 is 0. The van der Waals surface area contributed by atoms with Gasteiger partial charge in [0.15, 0.2) is 5.82 Å². The predicted octanol–water partition coefficient (Wildman–Crippen LogP) is 0.981. The largest absolute Gasteiger partial charge is 0.355 e. The molecule has 2 aliphatic heterocycles. The average molecular weight is 338 g/mol. The number of pyridine rings is 1. The van der Waals surface area contributed by atoms with Gasteiger partial charge in [0.25, 0.3) is 0 Å². The summed E-state index contributed by atoms with van der Waals surface area (Å²) in [5.41, 5.74) is 8.91. The Kier molecular flexibility index (Phi) is 4.09. The Morgan fingerprint density at radius 3 is 2.84 bits per heavy atom. The minimum Gasteiger partial charge on any atom is -0.355 e. The first-order valence-corrected chi connectivity index (χ1v) is 8.69. The Labute approximate surface area is 146 Å². The van der Waals surface area contributed by atoms with Gasteiger partial charge in [-0.05, 0) is 25.0 Å². The van der Waals surface area contributed by atoms with Gasteiger partial charge in [-0.1, -0.05) is 6.07 Å². The zero-order valence-electron chi connectivity index (χ0n) is 14.4. The molecule has 2 N–H and O–H groups in total. The summed E-state index contributed by atoms with van der Waals surface area (Å²) >= 11 is 0. The van der Waals surface area contributed by atoms with E-state index in [1.54, 1.807) is 13.1 Å². The highest BCUT2D eigenvalue weighted by Gasteiger charge is 2.29. The highest BCUT2D eigenvalue weighted by Crippen LogP contribution is 2.30. The van der Waals surface area contributed by atoms with E-state index in [0.29, 0.717) is 18.9 Å². The fourth-order valence-corrected chi connectivity index (χ4v) is 3.53. The first-order valence-electron chi connectivity index (χ1n) is 8.69. The summed E-state index contributed by atoms with van der Waals surface area (Å²) in [6, 6.07) is 5.90. The summed E-state index contributed by atoms with van der Waals surface area (Å²) in [4.78, 5) is 29.8. The lowest BCUT2D eigenvalue weighted by Crippen LogP contribution is -2.37. The first kappa shape index (κ1) is 16.0. The standard InChI is InChI=1S/C18H22N6O/c1-12(25)23-9-6-14-16(11-23)21-17(15-4-2-3-7-20-15)22-18(14)24-8-5-13(19)10-24/h2-4,7,13H,5-6,8-11,19H2,1H3. The molecule has 1 fully saturated rings. The van der Waals surface area contributed by atoms with Crippen LogP contribution in [0.25, 0.3) is 11.5 Å². The molecule has 0 spiro atoms. The van der Waals surface area contributed by atoms with Crippen molar-refractivity contribution in [3.8, 4) is 11.5 Å². The number of nitrogens with zero attached hydrogens (tertiary/aromatic N) is 5. The number of nitrogens with two attached hydrogens (primary N) is 1. The lowest BCUT2D eigenvalue weighted by Gasteiger charge is -2.30. The highest BCUT2D eigenvalue weighted by atomic mass is 16.2. The molecular formula is C18H22N6O. The van der Waals surface area contributed by atoms with Crippen molar-refractivity contribution in [2.75, 3.05) is 24.5 Å². The Balaban J connectivity index is 1.80. The molecule has 7 heteroatoms. The van der Waals surface area contributed by atoms with Crippen LogP contribution in [0.4, 0.5) is 5.82 Å². The zero-order chi connectivity index (χ0) is 17.4. The van der Waals surface area contributed by atoms with E-state index in [1.807, 2.05) is 23.1 Å². The van der Waals surface area contributed by atoms with Gasteiger partial charge < -0.3 is 15.5 Å². The molecule has 4 heterocycles. The minimum atomic E-state index is 0.0772.